The van der Waals surface area contributed by atoms with Crippen molar-refractivity contribution < 1.29 is 4.79 Å². The third kappa shape index (κ3) is 2.47. The molecule has 0 unspecified atom stereocenters. The number of thiocarbonyl (C=S) groups is 1. The van der Waals surface area contributed by atoms with Gasteiger partial charge >= 0.3 is 0 Å². The van der Waals surface area contributed by atoms with Crippen LogP contribution < -0.4 is 5.73 Å². The van der Waals surface area contributed by atoms with Gasteiger partial charge in [0.2, 0.25) is 5.91 Å². The van der Waals surface area contributed by atoms with Crippen LogP contribution in [0.1, 0.15) is 59.3 Å². The van der Waals surface area contributed by atoms with Crippen LogP contribution in [0.3, 0.4) is 0 Å². The average Bonchev–Trinajstić information content (AvgIpc) is 2.42. The summed E-state index contributed by atoms with van der Waals surface area (Å²) in [5, 5.41) is 0. The number of likely N-dealkylation sites (tertiary alicyclic amines) is 1. The van der Waals surface area contributed by atoms with Crippen molar-refractivity contribution in [2.24, 2.45) is 22.5 Å². The predicted octanol–water partition coefficient (Wildman–Crippen LogP) is 3.12. The van der Waals surface area contributed by atoms with Crippen LogP contribution >= 0.6 is 12.2 Å². The van der Waals surface area contributed by atoms with Crippen LogP contribution in [0.15, 0.2) is 0 Å². The molecule has 0 aromatic rings. The first kappa shape index (κ1) is 15.7. The lowest BCUT2D eigenvalue weighted by molar-refractivity contribution is -0.146. The first-order chi connectivity index (χ1) is 9.39. The highest BCUT2D eigenvalue weighted by atomic mass is 32.1. The van der Waals surface area contributed by atoms with Gasteiger partial charge in [0.25, 0.3) is 0 Å². The van der Waals surface area contributed by atoms with Crippen molar-refractivity contribution in [2.75, 3.05) is 13.1 Å². The molecule has 1 heterocycles. The molecule has 114 valence electrons. The van der Waals surface area contributed by atoms with Gasteiger partial charge in [-0.3, -0.25) is 4.79 Å². The summed E-state index contributed by atoms with van der Waals surface area (Å²) in [5.41, 5.74) is 5.82. The minimum Gasteiger partial charge on any atom is -0.392 e. The summed E-state index contributed by atoms with van der Waals surface area (Å²) in [6, 6.07) is 0. The van der Waals surface area contributed by atoms with E-state index in [1.807, 2.05) is 4.90 Å². The molecule has 0 bridgehead atoms. The number of amides is 1. The average molecular weight is 296 g/mol. The summed E-state index contributed by atoms with van der Waals surface area (Å²) in [4.78, 5) is 15.3. The Bertz CT molecular complexity index is 387. The van der Waals surface area contributed by atoms with Gasteiger partial charge in [0.15, 0.2) is 0 Å². The minimum absolute atomic E-state index is 0.198. The van der Waals surface area contributed by atoms with E-state index < -0.39 is 5.41 Å². The van der Waals surface area contributed by atoms with Gasteiger partial charge < -0.3 is 10.6 Å². The van der Waals surface area contributed by atoms with E-state index in [4.69, 9.17) is 18.0 Å². The molecule has 1 saturated carbocycles. The van der Waals surface area contributed by atoms with Crippen LogP contribution in [-0.4, -0.2) is 28.9 Å². The molecule has 20 heavy (non-hydrogen) atoms. The van der Waals surface area contributed by atoms with Crippen LogP contribution in [0.4, 0.5) is 0 Å². The lowest BCUT2D eigenvalue weighted by atomic mass is 9.61. The molecule has 0 atom stereocenters. The molecular formula is C16H28N2OS. The van der Waals surface area contributed by atoms with Crippen molar-refractivity contribution in [3.05, 3.63) is 0 Å². The SMILES string of the molecule is CCC1(CC)CCN(C(=O)C2(C(N)=S)CC(C)C2)CC1. The Kier molecular flexibility index (Phi) is 4.43. The molecule has 1 aliphatic carbocycles. The third-order valence-corrected chi connectivity index (χ3v) is 6.28. The molecule has 2 aliphatic rings. The minimum atomic E-state index is -0.521. The Balaban J connectivity index is 2.03. The van der Waals surface area contributed by atoms with Gasteiger partial charge in [-0.15, -0.1) is 0 Å². The normalized spacial score (nSPS) is 32.5. The Labute approximate surface area is 128 Å². The lowest BCUT2D eigenvalue weighted by Gasteiger charge is -2.49. The number of nitrogens with zero attached hydrogens (tertiary/aromatic N) is 1. The number of rotatable bonds is 4. The Morgan fingerprint density at radius 1 is 1.25 bits per heavy atom. The maximum Gasteiger partial charge on any atom is 0.235 e. The number of hydrogen-bond acceptors (Lipinski definition) is 2. The lowest BCUT2D eigenvalue weighted by Crippen LogP contribution is -2.58. The fourth-order valence-electron chi connectivity index (χ4n) is 4.06. The summed E-state index contributed by atoms with van der Waals surface area (Å²) in [6.45, 7) is 8.45. The second-order valence-electron chi connectivity index (χ2n) is 6.96. The summed E-state index contributed by atoms with van der Waals surface area (Å²) >= 11 is 5.20. The highest BCUT2D eigenvalue weighted by molar-refractivity contribution is 7.80. The molecule has 0 aromatic carbocycles. The molecule has 0 aromatic heterocycles. The third-order valence-electron chi connectivity index (χ3n) is 5.89. The summed E-state index contributed by atoms with van der Waals surface area (Å²) in [6.07, 6.45) is 6.34. The Hall–Kier alpha value is -0.640. The monoisotopic (exact) mass is 296 g/mol. The van der Waals surface area contributed by atoms with E-state index >= 15 is 0 Å². The molecular weight excluding hydrogens is 268 g/mol. The maximum absolute atomic E-state index is 12.8. The summed E-state index contributed by atoms with van der Waals surface area (Å²) in [7, 11) is 0. The quantitative estimate of drug-likeness (QED) is 0.811. The zero-order valence-corrected chi connectivity index (χ0v) is 13.9. The number of carbonyl (C=O) groups is 1. The van der Waals surface area contributed by atoms with Gasteiger partial charge in [-0.2, -0.15) is 0 Å². The molecule has 4 heteroatoms. The van der Waals surface area contributed by atoms with Crippen molar-refractivity contribution in [1.82, 2.24) is 4.90 Å². The van der Waals surface area contributed by atoms with Crippen molar-refractivity contribution >= 4 is 23.1 Å². The molecule has 3 nitrogen and oxygen atoms in total. The summed E-state index contributed by atoms with van der Waals surface area (Å²) < 4.78 is 0. The topological polar surface area (TPSA) is 46.3 Å². The van der Waals surface area contributed by atoms with Gasteiger partial charge in [-0.1, -0.05) is 45.8 Å². The van der Waals surface area contributed by atoms with Crippen molar-refractivity contribution in [1.29, 1.82) is 0 Å². The molecule has 2 rings (SSSR count). The largest absolute Gasteiger partial charge is 0.392 e. The number of carbonyl (C=O) groups excluding carboxylic acids is 1. The first-order valence-electron chi connectivity index (χ1n) is 7.98. The Morgan fingerprint density at radius 2 is 1.75 bits per heavy atom. The molecule has 2 fully saturated rings. The van der Waals surface area contributed by atoms with Gasteiger partial charge in [0, 0.05) is 13.1 Å². The van der Waals surface area contributed by atoms with Gasteiger partial charge in [-0.05, 0) is 37.0 Å². The molecule has 0 radical (unpaired) electrons. The van der Waals surface area contributed by atoms with Gasteiger partial charge in [-0.25, -0.2) is 0 Å². The zero-order chi connectivity index (χ0) is 15.0. The molecule has 1 aliphatic heterocycles. The van der Waals surface area contributed by atoms with E-state index in [0.717, 1.165) is 38.8 Å². The van der Waals surface area contributed by atoms with Crippen LogP contribution in [-0.2, 0) is 4.79 Å². The highest BCUT2D eigenvalue weighted by Crippen LogP contribution is 2.48. The van der Waals surface area contributed by atoms with E-state index in [1.165, 1.54) is 12.8 Å². The van der Waals surface area contributed by atoms with Gasteiger partial charge in [0.05, 0.1) is 10.4 Å². The van der Waals surface area contributed by atoms with Crippen molar-refractivity contribution in [3.8, 4) is 0 Å². The van der Waals surface area contributed by atoms with E-state index in [2.05, 4.69) is 20.8 Å². The fourth-order valence-corrected chi connectivity index (χ4v) is 4.31. The van der Waals surface area contributed by atoms with E-state index in [9.17, 15) is 4.79 Å². The molecule has 1 saturated heterocycles. The molecule has 0 spiro atoms. The van der Waals surface area contributed by atoms with E-state index in [0.29, 0.717) is 16.3 Å². The highest BCUT2D eigenvalue weighted by Gasteiger charge is 2.53. The number of hydrogen-bond donors (Lipinski definition) is 1. The van der Waals surface area contributed by atoms with Crippen LogP contribution in [0.2, 0.25) is 0 Å². The molecule has 2 N–H and O–H groups in total. The number of piperidine rings is 1. The molecule has 1 amide bonds. The zero-order valence-electron chi connectivity index (χ0n) is 13.1. The fraction of sp³-hybridized carbons (Fsp3) is 0.875. The standard InChI is InChI=1S/C16H28N2OS/c1-4-15(5-2)6-8-18(9-7-15)14(19)16(13(17)20)10-12(3)11-16/h12H,4-11H2,1-3H3,(H2,17,20). The smallest absolute Gasteiger partial charge is 0.235 e. The van der Waals surface area contributed by atoms with Crippen molar-refractivity contribution in [2.45, 2.75) is 59.3 Å². The van der Waals surface area contributed by atoms with Crippen LogP contribution in [0.25, 0.3) is 0 Å². The predicted molar refractivity (Wildman–Crippen MR) is 86.4 cm³/mol. The second-order valence-corrected chi connectivity index (χ2v) is 7.40. The van der Waals surface area contributed by atoms with Crippen LogP contribution in [0, 0.1) is 16.7 Å². The van der Waals surface area contributed by atoms with Crippen molar-refractivity contribution in [3.63, 3.8) is 0 Å². The van der Waals surface area contributed by atoms with E-state index in [1.54, 1.807) is 0 Å². The van der Waals surface area contributed by atoms with Crippen LogP contribution in [0.5, 0.6) is 0 Å². The number of nitrogens with two attached hydrogens (primary N) is 1. The second kappa shape index (κ2) is 5.63. The Morgan fingerprint density at radius 3 is 2.10 bits per heavy atom. The van der Waals surface area contributed by atoms with Gasteiger partial charge in [0.1, 0.15) is 0 Å². The van der Waals surface area contributed by atoms with E-state index in [-0.39, 0.29) is 5.91 Å². The summed E-state index contributed by atoms with van der Waals surface area (Å²) in [5.74, 6) is 0.763. The first-order valence-corrected chi connectivity index (χ1v) is 8.39. The maximum atomic E-state index is 12.8.